The van der Waals surface area contributed by atoms with E-state index >= 15 is 0 Å². The van der Waals surface area contributed by atoms with Crippen LogP contribution >= 0.6 is 11.8 Å². The van der Waals surface area contributed by atoms with Gasteiger partial charge in [0.05, 0.1) is 24.7 Å². The van der Waals surface area contributed by atoms with Crippen LogP contribution in [-0.2, 0) is 4.74 Å². The van der Waals surface area contributed by atoms with Gasteiger partial charge in [-0.25, -0.2) is 0 Å². The first-order chi connectivity index (χ1) is 9.15. The van der Waals surface area contributed by atoms with Crippen molar-refractivity contribution in [1.29, 1.82) is 0 Å². The van der Waals surface area contributed by atoms with Crippen molar-refractivity contribution in [2.24, 2.45) is 5.92 Å². The predicted molar refractivity (Wildman–Crippen MR) is 75.3 cm³/mol. The van der Waals surface area contributed by atoms with Crippen LogP contribution in [0.3, 0.4) is 0 Å². The van der Waals surface area contributed by atoms with Crippen molar-refractivity contribution in [3.8, 4) is 0 Å². The molecule has 1 atom stereocenters. The molecule has 0 radical (unpaired) electrons. The van der Waals surface area contributed by atoms with Gasteiger partial charge < -0.3 is 9.64 Å². The van der Waals surface area contributed by atoms with Gasteiger partial charge in [0, 0.05) is 19.1 Å². The topological polar surface area (TPSA) is 58.8 Å². The molecule has 108 valence electrons. The Balaban J connectivity index is 2.16. The minimum atomic E-state index is -0.230. The zero-order chi connectivity index (χ0) is 13.8. The molecule has 0 spiro atoms. The quantitative estimate of drug-likeness (QED) is 0.563. The number of hydrogen-bond donors (Lipinski definition) is 0. The third-order valence-corrected chi connectivity index (χ3v) is 4.52. The maximum absolute atomic E-state index is 11.2. The molecule has 2 aliphatic heterocycles. The summed E-state index contributed by atoms with van der Waals surface area (Å²) in [5.41, 5.74) is 0.333. The lowest BCUT2D eigenvalue weighted by Gasteiger charge is -2.36. The van der Waals surface area contributed by atoms with E-state index in [9.17, 15) is 10.1 Å². The Morgan fingerprint density at radius 3 is 2.89 bits per heavy atom. The molecule has 0 aromatic carbocycles. The van der Waals surface area contributed by atoms with Crippen molar-refractivity contribution < 1.29 is 9.66 Å². The Bertz CT molecular complexity index is 369. The Morgan fingerprint density at radius 1 is 1.58 bits per heavy atom. The number of hydrogen-bond acceptors (Lipinski definition) is 6. The van der Waals surface area contributed by atoms with E-state index in [1.165, 1.54) is 11.8 Å². The Hall–Kier alpha value is -0.790. The second kappa shape index (κ2) is 6.58. The molecule has 6 nitrogen and oxygen atoms in total. The zero-order valence-corrected chi connectivity index (χ0v) is 12.3. The normalized spacial score (nSPS) is 25.2. The number of rotatable bonds is 5. The second-order valence-corrected chi connectivity index (χ2v) is 5.75. The summed E-state index contributed by atoms with van der Waals surface area (Å²) in [5, 5.41) is 12.0. The van der Waals surface area contributed by atoms with Gasteiger partial charge in [-0.2, -0.15) is 0 Å². The summed E-state index contributed by atoms with van der Waals surface area (Å²) >= 11 is 1.48. The summed E-state index contributed by atoms with van der Waals surface area (Å²) in [6, 6.07) is 0. The molecule has 2 heterocycles. The Morgan fingerprint density at radius 2 is 2.37 bits per heavy atom. The Kier molecular flexibility index (Phi) is 5.06. The van der Waals surface area contributed by atoms with Gasteiger partial charge in [-0.15, -0.1) is 11.8 Å². The zero-order valence-electron chi connectivity index (χ0n) is 11.5. The van der Waals surface area contributed by atoms with Gasteiger partial charge >= 0.3 is 0 Å². The van der Waals surface area contributed by atoms with Gasteiger partial charge in [0.25, 0.3) is 5.70 Å². The summed E-state index contributed by atoms with van der Waals surface area (Å²) in [7, 11) is 0. The largest absolute Gasteiger partial charge is 0.381 e. The first-order valence-electron chi connectivity index (χ1n) is 6.62. The van der Waals surface area contributed by atoms with E-state index in [-0.39, 0.29) is 4.92 Å². The van der Waals surface area contributed by atoms with E-state index in [1.807, 2.05) is 13.2 Å². The number of nitrogens with zero attached hydrogens (tertiary/aromatic N) is 3. The molecule has 0 N–H and O–H groups in total. The maximum atomic E-state index is 11.2. The van der Waals surface area contributed by atoms with E-state index in [4.69, 9.17) is 4.74 Å². The van der Waals surface area contributed by atoms with Crippen molar-refractivity contribution in [2.45, 2.75) is 13.3 Å². The fourth-order valence-corrected chi connectivity index (χ4v) is 3.36. The van der Waals surface area contributed by atoms with Crippen LogP contribution < -0.4 is 0 Å². The van der Waals surface area contributed by atoms with Crippen LogP contribution in [-0.4, -0.2) is 60.5 Å². The average molecular weight is 287 g/mol. The molecule has 0 amide bonds. The van der Waals surface area contributed by atoms with Crippen LogP contribution in [0.1, 0.15) is 13.3 Å². The molecule has 0 saturated carbocycles. The summed E-state index contributed by atoms with van der Waals surface area (Å²) in [5.74, 6) is 0.493. The van der Waals surface area contributed by atoms with Crippen LogP contribution in [0.5, 0.6) is 0 Å². The van der Waals surface area contributed by atoms with E-state index in [0.717, 1.165) is 44.4 Å². The summed E-state index contributed by atoms with van der Waals surface area (Å²) in [6.45, 7) is 6.53. The molecule has 0 aliphatic carbocycles. The molecule has 1 saturated heterocycles. The molecule has 0 bridgehead atoms. The van der Waals surface area contributed by atoms with E-state index in [1.54, 1.807) is 0 Å². The maximum Gasteiger partial charge on any atom is 0.289 e. The van der Waals surface area contributed by atoms with E-state index in [2.05, 4.69) is 9.80 Å². The summed E-state index contributed by atoms with van der Waals surface area (Å²) < 4.78 is 5.40. The molecule has 2 rings (SSSR count). The highest BCUT2D eigenvalue weighted by Crippen LogP contribution is 2.29. The average Bonchev–Trinajstić information content (AvgIpc) is 2.90. The molecule has 2 aliphatic rings. The SMILES string of the molecule is CCN1CC([N+](=O)[O-])=C(SC)N(CC2CCOC2)C1. The first kappa shape index (κ1) is 14.6. The molecule has 19 heavy (non-hydrogen) atoms. The fourth-order valence-electron chi connectivity index (χ4n) is 2.59. The highest BCUT2D eigenvalue weighted by molar-refractivity contribution is 8.02. The smallest absolute Gasteiger partial charge is 0.289 e. The highest BCUT2D eigenvalue weighted by Gasteiger charge is 2.33. The number of ether oxygens (including phenoxy) is 1. The number of nitro groups is 1. The van der Waals surface area contributed by atoms with Crippen molar-refractivity contribution >= 4 is 11.8 Å². The van der Waals surface area contributed by atoms with Gasteiger partial charge in [0.15, 0.2) is 0 Å². The van der Waals surface area contributed by atoms with Crippen molar-refractivity contribution in [3.05, 3.63) is 20.8 Å². The highest BCUT2D eigenvalue weighted by atomic mass is 32.2. The van der Waals surface area contributed by atoms with Gasteiger partial charge in [0.2, 0.25) is 0 Å². The number of likely N-dealkylation sites (N-methyl/N-ethyl adjacent to an activating group) is 1. The summed E-state index contributed by atoms with van der Waals surface area (Å²) in [6.07, 6.45) is 2.97. The standard InChI is InChI=1S/C12H21N3O3S/c1-3-13-7-11(15(16)17)12(19-2)14(9-13)6-10-4-5-18-8-10/h10H,3-9H2,1-2H3. The van der Waals surface area contributed by atoms with Crippen molar-refractivity contribution in [2.75, 3.05) is 45.8 Å². The minimum Gasteiger partial charge on any atom is -0.381 e. The second-order valence-electron chi connectivity index (χ2n) is 4.95. The van der Waals surface area contributed by atoms with E-state index in [0.29, 0.717) is 18.2 Å². The van der Waals surface area contributed by atoms with Crippen LogP contribution in [0, 0.1) is 16.0 Å². The van der Waals surface area contributed by atoms with Gasteiger partial charge in [-0.05, 0) is 19.2 Å². The molecule has 0 aromatic heterocycles. The lowest BCUT2D eigenvalue weighted by atomic mass is 10.1. The number of thioether (sulfide) groups is 1. The summed E-state index contributed by atoms with van der Waals surface area (Å²) in [4.78, 5) is 15.2. The molecule has 1 fully saturated rings. The van der Waals surface area contributed by atoms with Gasteiger partial charge in [-0.1, -0.05) is 6.92 Å². The molecule has 0 aromatic rings. The Labute approximate surface area is 117 Å². The van der Waals surface area contributed by atoms with Crippen molar-refractivity contribution in [3.63, 3.8) is 0 Å². The van der Waals surface area contributed by atoms with Crippen LogP contribution in [0.15, 0.2) is 10.7 Å². The lowest BCUT2D eigenvalue weighted by molar-refractivity contribution is -0.431. The first-order valence-corrected chi connectivity index (χ1v) is 7.84. The van der Waals surface area contributed by atoms with Gasteiger partial charge in [0.1, 0.15) is 5.03 Å². The monoisotopic (exact) mass is 287 g/mol. The third-order valence-electron chi connectivity index (χ3n) is 3.64. The molecule has 7 heteroatoms. The van der Waals surface area contributed by atoms with E-state index < -0.39 is 0 Å². The lowest BCUT2D eigenvalue weighted by Crippen LogP contribution is -2.46. The fraction of sp³-hybridized carbons (Fsp3) is 0.833. The third kappa shape index (κ3) is 3.40. The van der Waals surface area contributed by atoms with Gasteiger partial charge in [-0.3, -0.25) is 15.0 Å². The van der Waals surface area contributed by atoms with Crippen LogP contribution in [0.4, 0.5) is 0 Å². The molecule has 1 unspecified atom stereocenters. The predicted octanol–water partition coefficient (Wildman–Crippen LogP) is 1.43. The molecular weight excluding hydrogens is 266 g/mol. The molecular formula is C12H21N3O3S. The van der Waals surface area contributed by atoms with Crippen molar-refractivity contribution in [1.82, 2.24) is 9.80 Å². The van der Waals surface area contributed by atoms with Crippen LogP contribution in [0.25, 0.3) is 0 Å². The minimum absolute atomic E-state index is 0.230. The van der Waals surface area contributed by atoms with Crippen LogP contribution in [0.2, 0.25) is 0 Å².